The van der Waals surface area contributed by atoms with E-state index in [0.717, 1.165) is 30.4 Å². The first-order valence-corrected chi connectivity index (χ1v) is 4.60. The molecule has 0 radical (unpaired) electrons. The molecular formula is C10H14N2O. The van der Waals surface area contributed by atoms with Gasteiger partial charge in [0, 0.05) is 19.3 Å². The molecule has 2 heterocycles. The Morgan fingerprint density at radius 2 is 2.31 bits per heavy atom. The molecule has 70 valence electrons. The molecule has 1 N–H and O–H groups in total. The maximum Gasteiger partial charge on any atom is 0.128 e. The fraction of sp³-hybridized carbons (Fsp3) is 0.500. The smallest absolute Gasteiger partial charge is 0.128 e. The third kappa shape index (κ3) is 1.65. The quantitative estimate of drug-likeness (QED) is 0.734. The average Bonchev–Trinajstić information content (AvgIpc) is 2.13. The highest BCUT2D eigenvalue weighted by atomic mass is 16.3. The largest absolute Gasteiger partial charge is 0.392 e. The number of rotatable bonds is 2. The van der Waals surface area contributed by atoms with Gasteiger partial charge in [-0.15, -0.1) is 0 Å². The highest BCUT2D eigenvalue weighted by Crippen LogP contribution is 2.21. The van der Waals surface area contributed by atoms with Gasteiger partial charge in [-0.2, -0.15) is 0 Å². The molecule has 1 aromatic heterocycles. The van der Waals surface area contributed by atoms with Gasteiger partial charge in [0.15, 0.2) is 0 Å². The molecule has 1 saturated heterocycles. The predicted molar refractivity (Wildman–Crippen MR) is 51.5 cm³/mol. The van der Waals surface area contributed by atoms with Crippen molar-refractivity contribution in [2.24, 2.45) is 5.92 Å². The number of nitrogens with zero attached hydrogens (tertiary/aromatic N) is 2. The summed E-state index contributed by atoms with van der Waals surface area (Å²) < 4.78 is 0. The van der Waals surface area contributed by atoms with E-state index in [-0.39, 0.29) is 6.61 Å². The summed E-state index contributed by atoms with van der Waals surface area (Å²) in [5.74, 6) is 1.81. The van der Waals surface area contributed by atoms with Crippen LogP contribution >= 0.6 is 0 Å². The molecule has 2 rings (SSSR count). The summed E-state index contributed by atoms with van der Waals surface area (Å²) in [5, 5.41) is 8.83. The van der Waals surface area contributed by atoms with Crippen molar-refractivity contribution in [1.29, 1.82) is 0 Å². The molecule has 0 spiro atoms. The number of hydrogen-bond donors (Lipinski definition) is 1. The van der Waals surface area contributed by atoms with E-state index in [2.05, 4.69) is 16.8 Å². The normalized spacial score (nSPS) is 17.2. The number of pyridine rings is 1. The van der Waals surface area contributed by atoms with Gasteiger partial charge in [0.2, 0.25) is 0 Å². The Morgan fingerprint density at radius 1 is 1.54 bits per heavy atom. The van der Waals surface area contributed by atoms with Crippen molar-refractivity contribution in [3.63, 3.8) is 0 Å². The van der Waals surface area contributed by atoms with Crippen molar-refractivity contribution >= 4 is 5.82 Å². The molecule has 0 unspecified atom stereocenters. The maximum atomic E-state index is 8.83. The summed E-state index contributed by atoms with van der Waals surface area (Å²) in [5.41, 5.74) is 0.873. The van der Waals surface area contributed by atoms with E-state index in [4.69, 9.17) is 5.11 Å². The molecule has 1 aromatic rings. The number of aliphatic hydroxyl groups is 1. The summed E-state index contributed by atoms with van der Waals surface area (Å²) in [6.07, 6.45) is 1.73. The van der Waals surface area contributed by atoms with Crippen LogP contribution in [0.4, 0.5) is 5.82 Å². The monoisotopic (exact) mass is 178 g/mol. The lowest BCUT2D eigenvalue weighted by molar-refractivity contribution is 0.281. The van der Waals surface area contributed by atoms with Gasteiger partial charge in [-0.25, -0.2) is 4.98 Å². The van der Waals surface area contributed by atoms with Crippen LogP contribution in [0.3, 0.4) is 0 Å². The average molecular weight is 178 g/mol. The van der Waals surface area contributed by atoms with Crippen molar-refractivity contribution in [2.45, 2.75) is 13.5 Å². The third-order valence-corrected chi connectivity index (χ3v) is 2.38. The van der Waals surface area contributed by atoms with Crippen LogP contribution in [0.2, 0.25) is 0 Å². The molecule has 13 heavy (non-hydrogen) atoms. The van der Waals surface area contributed by atoms with Crippen molar-refractivity contribution in [3.05, 3.63) is 23.9 Å². The van der Waals surface area contributed by atoms with Gasteiger partial charge in [0.1, 0.15) is 5.82 Å². The molecular weight excluding hydrogens is 164 g/mol. The minimum atomic E-state index is 0.0731. The summed E-state index contributed by atoms with van der Waals surface area (Å²) in [7, 11) is 0. The SMILES string of the molecule is CC1CN(c2ccc(CO)cn2)C1. The van der Waals surface area contributed by atoms with Crippen LogP contribution in [0.1, 0.15) is 12.5 Å². The predicted octanol–water partition coefficient (Wildman–Crippen LogP) is 1.03. The van der Waals surface area contributed by atoms with Crippen LogP contribution in [0.25, 0.3) is 0 Å². The van der Waals surface area contributed by atoms with Crippen LogP contribution in [0, 0.1) is 5.92 Å². The first kappa shape index (κ1) is 8.51. The van der Waals surface area contributed by atoms with Gasteiger partial charge >= 0.3 is 0 Å². The van der Waals surface area contributed by atoms with Gasteiger partial charge in [-0.05, 0) is 17.5 Å². The highest BCUT2D eigenvalue weighted by Gasteiger charge is 2.23. The number of aromatic nitrogens is 1. The molecule has 0 aromatic carbocycles. The fourth-order valence-electron chi connectivity index (χ4n) is 1.58. The van der Waals surface area contributed by atoms with E-state index in [0.29, 0.717) is 0 Å². The molecule has 0 bridgehead atoms. The standard InChI is InChI=1S/C10H14N2O/c1-8-5-12(6-8)10-3-2-9(7-13)4-11-10/h2-4,8,13H,5-7H2,1H3. The zero-order valence-electron chi connectivity index (χ0n) is 7.77. The Labute approximate surface area is 78.0 Å². The molecule has 3 nitrogen and oxygen atoms in total. The molecule has 1 fully saturated rings. The molecule has 1 aliphatic heterocycles. The Kier molecular flexibility index (Phi) is 2.19. The minimum absolute atomic E-state index is 0.0731. The van der Waals surface area contributed by atoms with Crippen LogP contribution < -0.4 is 4.90 Å². The Morgan fingerprint density at radius 3 is 2.77 bits per heavy atom. The number of aliphatic hydroxyl groups excluding tert-OH is 1. The Bertz CT molecular complexity index is 277. The topological polar surface area (TPSA) is 36.4 Å². The van der Waals surface area contributed by atoms with Crippen LogP contribution in [0.5, 0.6) is 0 Å². The Balaban J connectivity index is 2.06. The lowest BCUT2D eigenvalue weighted by atomic mass is 10.0. The first-order valence-electron chi connectivity index (χ1n) is 4.60. The van der Waals surface area contributed by atoms with Gasteiger partial charge in [0.05, 0.1) is 6.61 Å². The maximum absolute atomic E-state index is 8.83. The van der Waals surface area contributed by atoms with E-state index >= 15 is 0 Å². The molecule has 0 amide bonds. The molecule has 0 aliphatic carbocycles. The highest BCUT2D eigenvalue weighted by molar-refractivity contribution is 5.41. The van der Waals surface area contributed by atoms with E-state index in [1.807, 2.05) is 12.1 Å². The fourth-order valence-corrected chi connectivity index (χ4v) is 1.58. The molecule has 0 saturated carbocycles. The van der Waals surface area contributed by atoms with Gasteiger partial charge in [0.25, 0.3) is 0 Å². The second-order valence-electron chi connectivity index (χ2n) is 3.69. The zero-order valence-corrected chi connectivity index (χ0v) is 7.77. The first-order chi connectivity index (χ1) is 6.29. The zero-order chi connectivity index (χ0) is 9.26. The lowest BCUT2D eigenvalue weighted by Crippen LogP contribution is -2.45. The minimum Gasteiger partial charge on any atom is -0.392 e. The second kappa shape index (κ2) is 3.34. The molecule has 0 atom stereocenters. The summed E-state index contributed by atoms with van der Waals surface area (Å²) in [4.78, 5) is 6.51. The van der Waals surface area contributed by atoms with Crippen molar-refractivity contribution < 1.29 is 5.11 Å². The van der Waals surface area contributed by atoms with Crippen LogP contribution in [0.15, 0.2) is 18.3 Å². The second-order valence-corrected chi connectivity index (χ2v) is 3.69. The molecule has 3 heteroatoms. The summed E-state index contributed by atoms with van der Waals surface area (Å²) >= 11 is 0. The van der Waals surface area contributed by atoms with Crippen LogP contribution in [-0.4, -0.2) is 23.2 Å². The summed E-state index contributed by atoms with van der Waals surface area (Å²) in [6.45, 7) is 4.51. The van der Waals surface area contributed by atoms with Gasteiger partial charge in [-0.1, -0.05) is 13.0 Å². The van der Waals surface area contributed by atoms with Crippen LogP contribution in [-0.2, 0) is 6.61 Å². The molecule has 1 aliphatic rings. The van der Waals surface area contributed by atoms with E-state index in [1.165, 1.54) is 0 Å². The van der Waals surface area contributed by atoms with Crippen molar-refractivity contribution in [2.75, 3.05) is 18.0 Å². The van der Waals surface area contributed by atoms with E-state index < -0.39 is 0 Å². The lowest BCUT2D eigenvalue weighted by Gasteiger charge is -2.38. The summed E-state index contributed by atoms with van der Waals surface area (Å²) in [6, 6.07) is 3.89. The van der Waals surface area contributed by atoms with E-state index in [9.17, 15) is 0 Å². The van der Waals surface area contributed by atoms with E-state index in [1.54, 1.807) is 6.20 Å². The number of anilines is 1. The van der Waals surface area contributed by atoms with Gasteiger partial charge < -0.3 is 10.0 Å². The Hall–Kier alpha value is -1.09. The third-order valence-electron chi connectivity index (χ3n) is 2.38. The van der Waals surface area contributed by atoms with Crippen molar-refractivity contribution in [1.82, 2.24) is 4.98 Å². The number of hydrogen-bond acceptors (Lipinski definition) is 3. The van der Waals surface area contributed by atoms with Crippen molar-refractivity contribution in [3.8, 4) is 0 Å². The van der Waals surface area contributed by atoms with Gasteiger partial charge in [-0.3, -0.25) is 0 Å².